The summed E-state index contributed by atoms with van der Waals surface area (Å²) in [6.45, 7) is 3.97. The van der Waals surface area contributed by atoms with Gasteiger partial charge in [0.1, 0.15) is 5.41 Å². The maximum Gasteiger partial charge on any atom is 0.233 e. The highest BCUT2D eigenvalue weighted by Gasteiger charge is 2.43. The number of nitrogens with one attached hydrogen (secondary N) is 1. The van der Waals surface area contributed by atoms with E-state index < -0.39 is 5.41 Å². The summed E-state index contributed by atoms with van der Waals surface area (Å²) in [5.74, 6) is 0.283. The lowest BCUT2D eigenvalue weighted by atomic mass is 9.90. The molecule has 6 nitrogen and oxygen atoms in total. The van der Waals surface area contributed by atoms with E-state index in [1.165, 1.54) is 12.8 Å². The molecule has 18 heavy (non-hydrogen) atoms. The number of nitrogens with two attached hydrogens (primary N) is 1. The van der Waals surface area contributed by atoms with Crippen molar-refractivity contribution in [1.82, 2.24) is 5.32 Å². The predicted molar refractivity (Wildman–Crippen MR) is 66.2 cm³/mol. The van der Waals surface area contributed by atoms with Crippen molar-refractivity contribution in [2.75, 3.05) is 6.61 Å². The largest absolute Gasteiger partial charge is 0.409 e. The van der Waals surface area contributed by atoms with E-state index in [1.807, 2.05) is 0 Å². The van der Waals surface area contributed by atoms with Gasteiger partial charge in [-0.3, -0.25) is 4.79 Å². The lowest BCUT2D eigenvalue weighted by Gasteiger charge is -2.26. The highest BCUT2D eigenvalue weighted by molar-refractivity contribution is 6.05. The number of carbonyl (C=O) groups is 1. The van der Waals surface area contributed by atoms with Crippen LogP contribution < -0.4 is 11.1 Å². The number of hydrogen-bond donors (Lipinski definition) is 3. The van der Waals surface area contributed by atoms with Gasteiger partial charge in [-0.25, -0.2) is 0 Å². The number of nitrogens with zero attached hydrogens (tertiary/aromatic N) is 1. The standard InChI is InChI=1S/C12H21N3O3/c1-12(2,10(13)15-17)11(16)14-8-5-6-18-9(8)7-3-4-7/h7-9,17H,3-6H2,1-2H3,(H2,13,15)(H,14,16). The average Bonchev–Trinajstić information content (AvgIpc) is 3.09. The highest BCUT2D eigenvalue weighted by atomic mass is 16.5. The maximum atomic E-state index is 12.2. The molecule has 2 unspecified atom stereocenters. The average molecular weight is 255 g/mol. The summed E-state index contributed by atoms with van der Waals surface area (Å²) in [6.07, 6.45) is 3.33. The number of hydrogen-bond acceptors (Lipinski definition) is 4. The van der Waals surface area contributed by atoms with Crippen LogP contribution >= 0.6 is 0 Å². The van der Waals surface area contributed by atoms with E-state index in [9.17, 15) is 4.79 Å². The minimum absolute atomic E-state index is 0.0516. The summed E-state index contributed by atoms with van der Waals surface area (Å²) in [5.41, 5.74) is 4.53. The molecule has 1 aliphatic carbocycles. The van der Waals surface area contributed by atoms with E-state index in [-0.39, 0.29) is 23.9 Å². The predicted octanol–water partition coefficient (Wildman–Crippen LogP) is 0.443. The van der Waals surface area contributed by atoms with E-state index in [0.29, 0.717) is 12.5 Å². The zero-order chi connectivity index (χ0) is 13.3. The first-order valence-corrected chi connectivity index (χ1v) is 6.37. The van der Waals surface area contributed by atoms with Gasteiger partial charge in [-0.2, -0.15) is 0 Å². The fraction of sp³-hybridized carbons (Fsp3) is 0.833. The number of rotatable bonds is 4. The molecule has 0 aromatic carbocycles. The van der Waals surface area contributed by atoms with Crippen LogP contribution in [0.15, 0.2) is 5.16 Å². The van der Waals surface area contributed by atoms with E-state index in [2.05, 4.69) is 10.5 Å². The van der Waals surface area contributed by atoms with Gasteiger partial charge in [-0.1, -0.05) is 5.16 Å². The molecule has 0 aromatic rings. The van der Waals surface area contributed by atoms with Crippen molar-refractivity contribution in [3.63, 3.8) is 0 Å². The maximum absolute atomic E-state index is 12.2. The molecule has 2 aliphatic rings. The van der Waals surface area contributed by atoms with Crippen molar-refractivity contribution in [3.05, 3.63) is 0 Å². The molecule has 1 aliphatic heterocycles. The SMILES string of the molecule is CC(C)(C(=O)NC1CCOC1C1CC1)C(N)=NO. The van der Waals surface area contributed by atoms with Crippen LogP contribution in [0.4, 0.5) is 0 Å². The van der Waals surface area contributed by atoms with Gasteiger partial charge in [-0.05, 0) is 39.0 Å². The van der Waals surface area contributed by atoms with Crippen LogP contribution in [0.25, 0.3) is 0 Å². The molecule has 2 fully saturated rings. The van der Waals surface area contributed by atoms with Crippen molar-refractivity contribution in [3.8, 4) is 0 Å². The van der Waals surface area contributed by atoms with Crippen molar-refractivity contribution in [2.45, 2.75) is 45.3 Å². The Morgan fingerprint density at radius 3 is 2.67 bits per heavy atom. The molecule has 2 atom stereocenters. The third-order valence-corrected chi connectivity index (χ3v) is 3.85. The van der Waals surface area contributed by atoms with Crippen LogP contribution in [0.1, 0.15) is 33.1 Å². The number of amides is 1. The smallest absolute Gasteiger partial charge is 0.233 e. The minimum atomic E-state index is -1.01. The van der Waals surface area contributed by atoms with Crippen molar-refractivity contribution in [1.29, 1.82) is 0 Å². The summed E-state index contributed by atoms with van der Waals surface area (Å²) in [5, 5.41) is 14.6. The number of amidine groups is 1. The topological polar surface area (TPSA) is 96.9 Å². The van der Waals surface area contributed by atoms with Crippen molar-refractivity contribution >= 4 is 11.7 Å². The molecule has 4 N–H and O–H groups in total. The lowest BCUT2D eigenvalue weighted by Crippen LogP contribution is -2.51. The van der Waals surface area contributed by atoms with Crippen LogP contribution in [0.2, 0.25) is 0 Å². The monoisotopic (exact) mass is 255 g/mol. The molecule has 102 valence electrons. The van der Waals surface area contributed by atoms with E-state index >= 15 is 0 Å². The quantitative estimate of drug-likeness (QED) is 0.294. The third kappa shape index (κ3) is 2.43. The van der Waals surface area contributed by atoms with Gasteiger partial charge in [0.05, 0.1) is 12.1 Å². The molecule has 0 aromatic heterocycles. The molecule has 6 heteroatoms. The Hall–Kier alpha value is -1.30. The van der Waals surface area contributed by atoms with Gasteiger partial charge >= 0.3 is 0 Å². The molecule has 0 radical (unpaired) electrons. The van der Waals surface area contributed by atoms with E-state index in [4.69, 9.17) is 15.7 Å². The molecular weight excluding hydrogens is 234 g/mol. The third-order valence-electron chi connectivity index (χ3n) is 3.85. The molecule has 0 bridgehead atoms. The van der Waals surface area contributed by atoms with Gasteiger partial charge < -0.3 is 21.0 Å². The summed E-state index contributed by atoms with van der Waals surface area (Å²) in [6, 6.07) is 0.0516. The Morgan fingerprint density at radius 1 is 1.44 bits per heavy atom. The first-order valence-electron chi connectivity index (χ1n) is 6.37. The number of oxime groups is 1. The van der Waals surface area contributed by atoms with Crippen LogP contribution in [-0.2, 0) is 9.53 Å². The molecular formula is C12H21N3O3. The first kappa shape index (κ1) is 13.1. The molecule has 1 heterocycles. The second-order valence-corrected chi connectivity index (χ2v) is 5.65. The Kier molecular flexibility index (Phi) is 3.47. The second kappa shape index (κ2) is 4.76. The molecule has 1 saturated carbocycles. The highest BCUT2D eigenvalue weighted by Crippen LogP contribution is 2.39. The Bertz CT molecular complexity index is 364. The molecule has 2 rings (SSSR count). The zero-order valence-corrected chi connectivity index (χ0v) is 10.8. The fourth-order valence-corrected chi connectivity index (χ4v) is 2.25. The van der Waals surface area contributed by atoms with Crippen LogP contribution in [-0.4, -0.2) is 35.7 Å². The van der Waals surface area contributed by atoms with Gasteiger partial charge in [0, 0.05) is 6.61 Å². The van der Waals surface area contributed by atoms with Crippen molar-refractivity contribution < 1.29 is 14.7 Å². The van der Waals surface area contributed by atoms with Gasteiger partial charge in [0.25, 0.3) is 0 Å². The van der Waals surface area contributed by atoms with Gasteiger partial charge in [0.2, 0.25) is 5.91 Å². The van der Waals surface area contributed by atoms with Crippen molar-refractivity contribution in [2.24, 2.45) is 22.2 Å². The van der Waals surface area contributed by atoms with Gasteiger partial charge in [-0.15, -0.1) is 0 Å². The first-order chi connectivity index (χ1) is 8.46. The lowest BCUT2D eigenvalue weighted by molar-refractivity contribution is -0.127. The summed E-state index contributed by atoms with van der Waals surface area (Å²) in [7, 11) is 0. The molecule has 1 saturated heterocycles. The fourth-order valence-electron chi connectivity index (χ4n) is 2.25. The van der Waals surface area contributed by atoms with E-state index in [1.54, 1.807) is 13.8 Å². The zero-order valence-electron chi connectivity index (χ0n) is 10.8. The Labute approximate surface area is 107 Å². The number of ether oxygens (including phenoxy) is 1. The van der Waals surface area contributed by atoms with E-state index in [0.717, 1.165) is 6.42 Å². The minimum Gasteiger partial charge on any atom is -0.409 e. The Morgan fingerprint density at radius 2 is 2.11 bits per heavy atom. The summed E-state index contributed by atoms with van der Waals surface area (Å²) >= 11 is 0. The van der Waals surface area contributed by atoms with Crippen LogP contribution in [0, 0.1) is 11.3 Å². The summed E-state index contributed by atoms with van der Waals surface area (Å²) in [4.78, 5) is 12.2. The van der Waals surface area contributed by atoms with Gasteiger partial charge in [0.15, 0.2) is 5.84 Å². The molecule has 0 spiro atoms. The normalized spacial score (nSPS) is 29.3. The van der Waals surface area contributed by atoms with Crippen LogP contribution in [0.5, 0.6) is 0 Å². The Balaban J connectivity index is 1.98. The summed E-state index contributed by atoms with van der Waals surface area (Å²) < 4.78 is 5.66. The second-order valence-electron chi connectivity index (χ2n) is 5.65. The number of carbonyl (C=O) groups excluding carboxylic acids is 1. The molecule has 1 amide bonds. The van der Waals surface area contributed by atoms with Crippen LogP contribution in [0.3, 0.4) is 0 Å².